The van der Waals surface area contributed by atoms with Crippen molar-refractivity contribution in [3.63, 3.8) is 0 Å². The molecule has 0 atom stereocenters. The van der Waals surface area contributed by atoms with Gasteiger partial charge in [0.2, 0.25) is 5.91 Å². The van der Waals surface area contributed by atoms with E-state index in [1.54, 1.807) is 7.05 Å². The van der Waals surface area contributed by atoms with Gasteiger partial charge in [-0.05, 0) is 31.0 Å². The topological polar surface area (TPSA) is 66.0 Å². The van der Waals surface area contributed by atoms with Crippen molar-refractivity contribution in [2.45, 2.75) is 26.8 Å². The molecule has 0 aliphatic rings. The van der Waals surface area contributed by atoms with Gasteiger partial charge in [0.05, 0.1) is 13.2 Å². The third kappa shape index (κ3) is 8.37. The van der Waals surface area contributed by atoms with Crippen molar-refractivity contribution >= 4 is 35.8 Å². The highest BCUT2D eigenvalue weighted by atomic mass is 127. The van der Waals surface area contributed by atoms with Crippen molar-refractivity contribution in [3.8, 4) is 5.75 Å². The van der Waals surface area contributed by atoms with Crippen molar-refractivity contribution in [1.82, 2.24) is 15.5 Å². The van der Waals surface area contributed by atoms with Crippen LogP contribution in [-0.2, 0) is 11.3 Å². The molecular formula is C17H29IN4O2. The smallest absolute Gasteiger partial charge is 0.239 e. The molecule has 6 nitrogen and oxygen atoms in total. The Morgan fingerprint density at radius 1 is 1.21 bits per heavy atom. The van der Waals surface area contributed by atoms with Crippen LogP contribution < -0.4 is 15.4 Å². The van der Waals surface area contributed by atoms with Crippen LogP contribution in [0.1, 0.15) is 25.8 Å². The van der Waals surface area contributed by atoms with Crippen LogP contribution in [0.2, 0.25) is 0 Å². The third-order valence-corrected chi connectivity index (χ3v) is 3.21. The van der Waals surface area contributed by atoms with Gasteiger partial charge in [-0.1, -0.05) is 19.1 Å². The van der Waals surface area contributed by atoms with Crippen molar-refractivity contribution in [2.24, 2.45) is 4.99 Å². The number of nitrogens with zero attached hydrogens (tertiary/aromatic N) is 2. The number of benzene rings is 1. The summed E-state index contributed by atoms with van der Waals surface area (Å²) in [6, 6.07) is 7.98. The van der Waals surface area contributed by atoms with Gasteiger partial charge in [0, 0.05) is 27.2 Å². The maximum absolute atomic E-state index is 11.6. The molecule has 136 valence electrons. The molecule has 0 saturated carbocycles. The van der Waals surface area contributed by atoms with Gasteiger partial charge in [-0.2, -0.15) is 0 Å². The van der Waals surface area contributed by atoms with Gasteiger partial charge in [0.1, 0.15) is 5.75 Å². The minimum absolute atomic E-state index is 0. The average molecular weight is 448 g/mol. The fraction of sp³-hybridized carbons (Fsp3) is 0.529. The zero-order valence-electron chi connectivity index (χ0n) is 15.0. The Hall–Kier alpha value is -1.51. The first-order valence-electron chi connectivity index (χ1n) is 8.00. The average Bonchev–Trinajstić information content (AvgIpc) is 2.55. The minimum atomic E-state index is -0.0255. The Morgan fingerprint density at radius 3 is 2.42 bits per heavy atom. The summed E-state index contributed by atoms with van der Waals surface area (Å²) in [6.45, 7) is 6.27. The van der Waals surface area contributed by atoms with Crippen LogP contribution in [0, 0.1) is 0 Å². The number of hydrogen-bond acceptors (Lipinski definition) is 3. The number of carbonyl (C=O) groups is 1. The molecule has 0 aromatic heterocycles. The Morgan fingerprint density at radius 2 is 1.88 bits per heavy atom. The maximum atomic E-state index is 11.6. The summed E-state index contributed by atoms with van der Waals surface area (Å²) in [5.41, 5.74) is 1.15. The fourth-order valence-electron chi connectivity index (χ4n) is 2.08. The Balaban J connectivity index is 0.00000529. The summed E-state index contributed by atoms with van der Waals surface area (Å²) in [4.78, 5) is 17.8. The second kappa shape index (κ2) is 12.9. The molecule has 7 heteroatoms. The number of rotatable bonds is 8. The molecule has 1 aromatic rings. The molecule has 0 spiro atoms. The number of aliphatic imine (C=N–C) groups is 1. The first kappa shape index (κ1) is 22.5. The number of nitrogens with one attached hydrogen (secondary N) is 2. The molecule has 0 aliphatic carbocycles. The zero-order chi connectivity index (χ0) is 17.1. The van der Waals surface area contributed by atoms with E-state index < -0.39 is 0 Å². The zero-order valence-corrected chi connectivity index (χ0v) is 17.3. The Bertz CT molecular complexity index is 506. The monoisotopic (exact) mass is 448 g/mol. The van der Waals surface area contributed by atoms with Gasteiger partial charge >= 0.3 is 0 Å². The SMILES string of the molecule is CCCNC(=O)CNC(=NC)N(C)Cc1ccc(OCC)cc1.I. The molecule has 0 aliphatic heterocycles. The van der Waals surface area contributed by atoms with Crippen LogP contribution in [0.15, 0.2) is 29.3 Å². The lowest BCUT2D eigenvalue weighted by Gasteiger charge is -2.22. The van der Waals surface area contributed by atoms with E-state index in [4.69, 9.17) is 4.74 Å². The number of amides is 1. The number of guanidine groups is 1. The van der Waals surface area contributed by atoms with E-state index in [2.05, 4.69) is 15.6 Å². The number of hydrogen-bond donors (Lipinski definition) is 2. The highest BCUT2D eigenvalue weighted by Crippen LogP contribution is 2.13. The lowest BCUT2D eigenvalue weighted by molar-refractivity contribution is -0.120. The van der Waals surface area contributed by atoms with Gasteiger partial charge < -0.3 is 20.3 Å². The molecule has 0 radical (unpaired) electrons. The van der Waals surface area contributed by atoms with Gasteiger partial charge in [-0.15, -0.1) is 24.0 Å². The van der Waals surface area contributed by atoms with Gasteiger partial charge in [-0.3, -0.25) is 9.79 Å². The summed E-state index contributed by atoms with van der Waals surface area (Å²) in [6.07, 6.45) is 0.929. The van der Waals surface area contributed by atoms with Crippen LogP contribution in [0.5, 0.6) is 5.75 Å². The third-order valence-electron chi connectivity index (χ3n) is 3.21. The van der Waals surface area contributed by atoms with Crippen LogP contribution >= 0.6 is 24.0 Å². The summed E-state index contributed by atoms with van der Waals surface area (Å²) in [7, 11) is 3.65. The van der Waals surface area contributed by atoms with Crippen LogP contribution in [0.4, 0.5) is 0 Å². The molecule has 0 bridgehead atoms. The van der Waals surface area contributed by atoms with Crippen molar-refractivity contribution in [1.29, 1.82) is 0 Å². The quantitative estimate of drug-likeness (QED) is 0.364. The molecule has 1 aromatic carbocycles. The predicted octanol–water partition coefficient (Wildman–Crippen LogP) is 2.24. The lowest BCUT2D eigenvalue weighted by atomic mass is 10.2. The fourth-order valence-corrected chi connectivity index (χ4v) is 2.08. The summed E-state index contributed by atoms with van der Waals surface area (Å²) >= 11 is 0. The van der Waals surface area contributed by atoms with E-state index in [9.17, 15) is 4.79 Å². The Labute approximate surface area is 162 Å². The second-order valence-electron chi connectivity index (χ2n) is 5.18. The number of ether oxygens (including phenoxy) is 1. The molecule has 0 fully saturated rings. The summed E-state index contributed by atoms with van der Waals surface area (Å²) < 4.78 is 5.44. The molecule has 1 amide bonds. The van der Waals surface area contributed by atoms with Gasteiger partial charge in [-0.25, -0.2) is 0 Å². The largest absolute Gasteiger partial charge is 0.494 e. The van der Waals surface area contributed by atoms with E-state index in [1.807, 2.05) is 50.1 Å². The number of halogens is 1. The van der Waals surface area contributed by atoms with E-state index in [1.165, 1.54) is 0 Å². The van der Waals surface area contributed by atoms with Crippen LogP contribution in [0.25, 0.3) is 0 Å². The van der Waals surface area contributed by atoms with Gasteiger partial charge in [0.25, 0.3) is 0 Å². The van der Waals surface area contributed by atoms with E-state index in [-0.39, 0.29) is 36.4 Å². The van der Waals surface area contributed by atoms with Crippen molar-refractivity contribution < 1.29 is 9.53 Å². The molecule has 24 heavy (non-hydrogen) atoms. The van der Waals surface area contributed by atoms with Crippen molar-refractivity contribution in [2.75, 3.05) is 33.8 Å². The van der Waals surface area contributed by atoms with Crippen molar-refractivity contribution in [3.05, 3.63) is 29.8 Å². The lowest BCUT2D eigenvalue weighted by Crippen LogP contribution is -2.43. The highest BCUT2D eigenvalue weighted by molar-refractivity contribution is 14.0. The second-order valence-corrected chi connectivity index (χ2v) is 5.18. The first-order chi connectivity index (χ1) is 11.1. The maximum Gasteiger partial charge on any atom is 0.239 e. The van der Waals surface area contributed by atoms with E-state index in [0.29, 0.717) is 25.7 Å². The molecule has 0 heterocycles. The van der Waals surface area contributed by atoms with E-state index in [0.717, 1.165) is 17.7 Å². The number of carbonyl (C=O) groups excluding carboxylic acids is 1. The molecule has 1 rings (SSSR count). The summed E-state index contributed by atoms with van der Waals surface area (Å²) in [5, 5.41) is 5.90. The molecule has 0 saturated heterocycles. The standard InChI is InChI=1S/C17H28N4O2.HI/c1-5-11-19-16(22)12-20-17(18-3)21(4)13-14-7-9-15(10-8-14)23-6-2;/h7-10H,5-6,11-13H2,1-4H3,(H,18,20)(H,19,22);1H. The molecule has 0 unspecified atom stereocenters. The Kier molecular flexibility index (Phi) is 12.0. The predicted molar refractivity (Wildman–Crippen MR) is 109 cm³/mol. The van der Waals surface area contributed by atoms with Gasteiger partial charge in [0.15, 0.2) is 5.96 Å². The van der Waals surface area contributed by atoms with Crippen LogP contribution in [0.3, 0.4) is 0 Å². The van der Waals surface area contributed by atoms with Crippen LogP contribution in [-0.4, -0.2) is 50.6 Å². The molecule has 2 N–H and O–H groups in total. The highest BCUT2D eigenvalue weighted by Gasteiger charge is 2.08. The molecular weight excluding hydrogens is 419 g/mol. The summed E-state index contributed by atoms with van der Waals surface area (Å²) in [5.74, 6) is 1.53. The van der Waals surface area contributed by atoms with E-state index >= 15 is 0 Å². The minimum Gasteiger partial charge on any atom is -0.494 e. The normalized spacial score (nSPS) is 10.6. The first-order valence-corrected chi connectivity index (χ1v) is 8.00.